The third-order valence-corrected chi connectivity index (χ3v) is 11.8. The molecular weight excluding hydrogens is 569 g/mol. The molecule has 212 valence electrons. The lowest BCUT2D eigenvalue weighted by molar-refractivity contribution is -0.116. The minimum Gasteiger partial charge on any atom is -0.326 e. The molecule has 40 heavy (non-hydrogen) atoms. The lowest BCUT2D eigenvalue weighted by atomic mass is 10.2. The second-order valence-electron chi connectivity index (χ2n) is 9.78. The lowest BCUT2D eigenvalue weighted by Gasteiger charge is -2.33. The van der Waals surface area contributed by atoms with Gasteiger partial charge in [-0.25, -0.2) is 16.8 Å². The summed E-state index contributed by atoms with van der Waals surface area (Å²) in [5, 5.41) is 2.90. The zero-order valence-corrected chi connectivity index (χ0v) is 24.6. The molecule has 5 rings (SSSR count). The summed E-state index contributed by atoms with van der Waals surface area (Å²) in [6.07, 6.45) is 0.239. The quantitative estimate of drug-likeness (QED) is 0.421. The summed E-state index contributed by atoms with van der Waals surface area (Å²) in [6, 6.07) is 20.6. The highest BCUT2D eigenvalue weighted by Crippen LogP contribution is 2.39. The number of rotatable bonds is 8. The Bertz CT molecular complexity index is 1570. The van der Waals surface area contributed by atoms with Gasteiger partial charge >= 0.3 is 0 Å². The number of aryl methyl sites for hydroxylation is 1. The molecule has 0 radical (unpaired) electrons. The Hall–Kier alpha value is -2.90. The Balaban J connectivity index is 1.17. The van der Waals surface area contributed by atoms with Crippen molar-refractivity contribution in [3.8, 4) is 0 Å². The summed E-state index contributed by atoms with van der Waals surface area (Å²) in [6.45, 7) is 4.58. The van der Waals surface area contributed by atoms with Crippen molar-refractivity contribution in [2.24, 2.45) is 0 Å². The average molecular weight is 601 g/mol. The fraction of sp³-hybridized carbons (Fsp3) is 0.321. The second-order valence-corrected chi connectivity index (χ2v) is 14.7. The standard InChI is InChI=1S/C28H32N4O5S3/c1-22-7-10-25(11-8-22)39(34,35)31-17-15-30(16-18-31)14-13-28(33)29-23-9-12-27-26(21-23)32(19-20-38-27)40(36,37)24-5-3-2-4-6-24/h2-12,21H,13-20H2,1H3,(H,29,33). The average Bonchev–Trinajstić information content (AvgIpc) is 2.96. The Morgan fingerprint density at radius 2 is 1.50 bits per heavy atom. The molecule has 3 aromatic rings. The highest BCUT2D eigenvalue weighted by atomic mass is 32.2. The van der Waals surface area contributed by atoms with Crippen molar-refractivity contribution in [2.45, 2.75) is 28.0 Å². The van der Waals surface area contributed by atoms with Crippen LogP contribution in [0.3, 0.4) is 0 Å². The van der Waals surface area contributed by atoms with Crippen LogP contribution in [0.15, 0.2) is 87.5 Å². The van der Waals surface area contributed by atoms with E-state index in [9.17, 15) is 21.6 Å². The number of thioether (sulfide) groups is 1. The molecule has 0 atom stereocenters. The number of nitrogens with zero attached hydrogens (tertiary/aromatic N) is 3. The van der Waals surface area contributed by atoms with Gasteiger partial charge in [-0.2, -0.15) is 4.31 Å². The highest BCUT2D eigenvalue weighted by Gasteiger charge is 2.30. The number of hydrogen-bond acceptors (Lipinski definition) is 7. The summed E-state index contributed by atoms with van der Waals surface area (Å²) in [7, 11) is -7.26. The monoisotopic (exact) mass is 600 g/mol. The van der Waals surface area contributed by atoms with Gasteiger partial charge in [-0.1, -0.05) is 35.9 Å². The summed E-state index contributed by atoms with van der Waals surface area (Å²) in [5.74, 6) is 0.459. The molecule has 3 aromatic carbocycles. The van der Waals surface area contributed by atoms with Crippen LogP contribution in [0.1, 0.15) is 12.0 Å². The molecule has 0 aliphatic carbocycles. The van der Waals surface area contributed by atoms with Crippen LogP contribution in [-0.2, 0) is 24.8 Å². The number of anilines is 2. The fourth-order valence-corrected chi connectivity index (χ4v) is 8.84. The fourth-order valence-electron chi connectivity index (χ4n) is 4.78. The first kappa shape index (κ1) is 28.6. The maximum absolute atomic E-state index is 13.3. The largest absolute Gasteiger partial charge is 0.326 e. The molecule has 1 N–H and O–H groups in total. The van der Waals surface area contributed by atoms with Crippen molar-refractivity contribution in [3.05, 3.63) is 78.4 Å². The van der Waals surface area contributed by atoms with E-state index in [1.807, 2.05) is 13.0 Å². The first-order valence-corrected chi connectivity index (χ1v) is 16.9. The van der Waals surface area contributed by atoms with Crippen molar-refractivity contribution in [2.75, 3.05) is 54.6 Å². The van der Waals surface area contributed by atoms with Crippen LogP contribution >= 0.6 is 11.8 Å². The van der Waals surface area contributed by atoms with Crippen molar-refractivity contribution < 1.29 is 21.6 Å². The third kappa shape index (κ3) is 6.21. The van der Waals surface area contributed by atoms with Crippen LogP contribution in [0, 0.1) is 6.92 Å². The van der Waals surface area contributed by atoms with Crippen LogP contribution in [0.25, 0.3) is 0 Å². The molecule has 1 fully saturated rings. The molecule has 0 spiro atoms. The van der Waals surface area contributed by atoms with E-state index in [-0.39, 0.29) is 17.2 Å². The maximum Gasteiger partial charge on any atom is 0.264 e. The highest BCUT2D eigenvalue weighted by molar-refractivity contribution is 8.00. The van der Waals surface area contributed by atoms with E-state index in [4.69, 9.17) is 0 Å². The number of piperazine rings is 1. The number of fused-ring (bicyclic) bond motifs is 1. The molecule has 2 aliphatic rings. The first-order valence-electron chi connectivity index (χ1n) is 13.1. The van der Waals surface area contributed by atoms with Crippen LogP contribution in [0.4, 0.5) is 11.4 Å². The van der Waals surface area contributed by atoms with Gasteiger partial charge in [0.2, 0.25) is 15.9 Å². The number of hydrogen-bond donors (Lipinski definition) is 1. The summed E-state index contributed by atoms with van der Waals surface area (Å²) in [5.41, 5.74) is 2.10. The Kier molecular flexibility index (Phi) is 8.52. The molecule has 1 saturated heterocycles. The van der Waals surface area contributed by atoms with E-state index >= 15 is 0 Å². The molecule has 1 amide bonds. The number of carbonyl (C=O) groups excluding carboxylic acids is 1. The van der Waals surface area contributed by atoms with E-state index in [2.05, 4.69) is 10.2 Å². The molecule has 2 heterocycles. The number of amides is 1. The summed E-state index contributed by atoms with van der Waals surface area (Å²) in [4.78, 5) is 16.2. The molecule has 0 unspecified atom stereocenters. The molecule has 0 saturated carbocycles. The number of nitrogens with one attached hydrogen (secondary N) is 1. The van der Waals surface area contributed by atoms with Gasteiger partial charge in [0, 0.05) is 62.0 Å². The maximum atomic E-state index is 13.3. The predicted molar refractivity (Wildman–Crippen MR) is 158 cm³/mol. The smallest absolute Gasteiger partial charge is 0.264 e. The van der Waals surface area contributed by atoms with Crippen LogP contribution in [-0.4, -0.2) is 77.0 Å². The van der Waals surface area contributed by atoms with Crippen molar-refractivity contribution in [1.29, 1.82) is 0 Å². The van der Waals surface area contributed by atoms with Gasteiger partial charge in [0.25, 0.3) is 10.0 Å². The zero-order chi connectivity index (χ0) is 28.3. The van der Waals surface area contributed by atoms with Gasteiger partial charge in [0.05, 0.1) is 15.5 Å². The van der Waals surface area contributed by atoms with Crippen molar-refractivity contribution >= 4 is 49.1 Å². The summed E-state index contributed by atoms with van der Waals surface area (Å²) >= 11 is 1.59. The predicted octanol–water partition coefficient (Wildman–Crippen LogP) is 3.63. The van der Waals surface area contributed by atoms with Crippen molar-refractivity contribution in [1.82, 2.24) is 9.21 Å². The number of carbonyl (C=O) groups is 1. The lowest BCUT2D eigenvalue weighted by Crippen LogP contribution is -2.49. The normalized spacial score (nSPS) is 16.9. The van der Waals surface area contributed by atoms with Gasteiger partial charge in [-0.15, -0.1) is 11.8 Å². The first-order chi connectivity index (χ1) is 19.1. The molecule has 9 nitrogen and oxygen atoms in total. The molecule has 0 aromatic heterocycles. The van der Waals surface area contributed by atoms with Crippen LogP contribution in [0.5, 0.6) is 0 Å². The Morgan fingerprint density at radius 3 is 2.20 bits per heavy atom. The molecule has 0 bridgehead atoms. The Morgan fingerprint density at radius 1 is 0.825 bits per heavy atom. The minimum absolute atomic E-state index is 0.185. The second kappa shape index (κ2) is 11.9. The van der Waals surface area contributed by atoms with Crippen LogP contribution < -0.4 is 9.62 Å². The van der Waals surface area contributed by atoms with Gasteiger partial charge in [-0.3, -0.25) is 9.10 Å². The van der Waals surface area contributed by atoms with Gasteiger partial charge in [0.1, 0.15) is 0 Å². The number of sulfonamides is 2. The van der Waals surface area contributed by atoms with E-state index in [1.165, 1.54) is 8.61 Å². The molecular formula is C28H32N4O5S3. The van der Waals surface area contributed by atoms with E-state index in [1.54, 1.807) is 78.5 Å². The number of benzene rings is 3. The minimum atomic E-state index is -3.73. The zero-order valence-electron chi connectivity index (χ0n) is 22.2. The van der Waals surface area contributed by atoms with E-state index < -0.39 is 20.0 Å². The molecule has 12 heteroatoms. The van der Waals surface area contributed by atoms with Gasteiger partial charge in [0.15, 0.2) is 0 Å². The van der Waals surface area contributed by atoms with Crippen molar-refractivity contribution in [3.63, 3.8) is 0 Å². The van der Waals surface area contributed by atoms with E-state index in [0.717, 1.165) is 10.5 Å². The van der Waals surface area contributed by atoms with Crippen LogP contribution in [0.2, 0.25) is 0 Å². The SMILES string of the molecule is Cc1ccc(S(=O)(=O)N2CCN(CCC(=O)Nc3ccc4c(c3)N(S(=O)(=O)c3ccccc3)CCS4)CC2)cc1. The van der Waals surface area contributed by atoms with E-state index in [0.29, 0.717) is 61.3 Å². The van der Waals surface area contributed by atoms with Gasteiger partial charge in [-0.05, 0) is 49.4 Å². The molecule has 2 aliphatic heterocycles. The third-order valence-electron chi connectivity index (χ3n) is 7.04. The topological polar surface area (TPSA) is 107 Å². The Labute approximate surface area is 240 Å². The van der Waals surface area contributed by atoms with Gasteiger partial charge < -0.3 is 10.2 Å². The summed E-state index contributed by atoms with van der Waals surface area (Å²) < 4.78 is 55.4.